The maximum absolute atomic E-state index is 5.39. The molecule has 2 heterocycles. The monoisotopic (exact) mass is 264 g/mol. The molecular weight excluding hydrogens is 236 g/mol. The van der Waals surface area contributed by atoms with Crippen LogP contribution in [0.5, 0.6) is 0 Å². The number of piperidine rings is 1. The molecule has 0 aliphatic carbocycles. The Kier molecular flexibility index (Phi) is 5.06. The number of aryl methyl sites for hydroxylation is 1. The van der Waals surface area contributed by atoms with Crippen LogP contribution in [0.15, 0.2) is 16.7 Å². The van der Waals surface area contributed by atoms with Crippen molar-refractivity contribution >= 4 is 0 Å². The first kappa shape index (κ1) is 14.6. The van der Waals surface area contributed by atoms with Gasteiger partial charge in [-0.25, -0.2) is 0 Å². The van der Waals surface area contributed by atoms with Crippen molar-refractivity contribution in [2.45, 2.75) is 46.1 Å². The molecule has 0 amide bonds. The summed E-state index contributed by atoms with van der Waals surface area (Å²) in [4.78, 5) is 2.47. The van der Waals surface area contributed by atoms with Crippen molar-refractivity contribution in [3.8, 4) is 0 Å². The molecule has 3 nitrogen and oxygen atoms in total. The summed E-state index contributed by atoms with van der Waals surface area (Å²) in [6.07, 6.45) is 7.07. The molecular formula is C16H28N2O. The van der Waals surface area contributed by atoms with Crippen LogP contribution in [-0.2, 0) is 6.54 Å². The molecule has 0 bridgehead atoms. The summed E-state index contributed by atoms with van der Waals surface area (Å²) in [7, 11) is 2.24. The predicted octanol–water partition coefficient (Wildman–Crippen LogP) is 3.19. The minimum absolute atomic E-state index is 0.520. The summed E-state index contributed by atoms with van der Waals surface area (Å²) in [5, 5.41) is 3.49. The molecule has 0 atom stereocenters. The molecule has 1 aliphatic heterocycles. The van der Waals surface area contributed by atoms with Crippen LogP contribution in [0.1, 0.15) is 43.9 Å². The number of hydrogen-bond donors (Lipinski definition) is 1. The second-order valence-corrected chi connectivity index (χ2v) is 6.17. The molecule has 0 spiro atoms. The smallest absolute Gasteiger partial charge is 0.105 e. The second kappa shape index (κ2) is 6.58. The van der Waals surface area contributed by atoms with E-state index >= 15 is 0 Å². The average molecular weight is 264 g/mol. The Labute approximate surface area is 117 Å². The second-order valence-electron chi connectivity index (χ2n) is 6.17. The van der Waals surface area contributed by atoms with Gasteiger partial charge in [0.15, 0.2) is 0 Å². The molecule has 2 rings (SSSR count). The Morgan fingerprint density at radius 3 is 2.68 bits per heavy atom. The van der Waals surface area contributed by atoms with Gasteiger partial charge in [0, 0.05) is 18.7 Å². The Bertz CT molecular complexity index is 374. The van der Waals surface area contributed by atoms with E-state index in [2.05, 4.69) is 37.2 Å². The molecule has 0 saturated carbocycles. The summed E-state index contributed by atoms with van der Waals surface area (Å²) in [5.41, 5.74) is 1.84. The van der Waals surface area contributed by atoms with E-state index < -0.39 is 0 Å². The first-order valence-corrected chi connectivity index (χ1v) is 7.57. The Morgan fingerprint density at radius 2 is 2.11 bits per heavy atom. The summed E-state index contributed by atoms with van der Waals surface area (Å²) in [6.45, 7) is 8.92. The lowest BCUT2D eigenvalue weighted by atomic mass is 9.75. The summed E-state index contributed by atoms with van der Waals surface area (Å²) in [6, 6.07) is 2.10. The lowest BCUT2D eigenvalue weighted by Gasteiger charge is -2.40. The zero-order chi connectivity index (χ0) is 13.7. The van der Waals surface area contributed by atoms with Crippen molar-refractivity contribution in [3.63, 3.8) is 0 Å². The summed E-state index contributed by atoms with van der Waals surface area (Å²) >= 11 is 0. The third kappa shape index (κ3) is 3.83. The molecule has 1 fully saturated rings. The summed E-state index contributed by atoms with van der Waals surface area (Å²) in [5.74, 6) is 1.06. The minimum Gasteiger partial charge on any atom is -0.469 e. The van der Waals surface area contributed by atoms with Crippen LogP contribution >= 0.6 is 0 Å². The predicted molar refractivity (Wildman–Crippen MR) is 79.2 cm³/mol. The molecule has 108 valence electrons. The van der Waals surface area contributed by atoms with Gasteiger partial charge in [-0.2, -0.15) is 0 Å². The van der Waals surface area contributed by atoms with Gasteiger partial charge < -0.3 is 14.6 Å². The fourth-order valence-corrected chi connectivity index (χ4v) is 3.47. The fourth-order valence-electron chi connectivity index (χ4n) is 3.47. The number of hydrogen-bond acceptors (Lipinski definition) is 3. The van der Waals surface area contributed by atoms with Gasteiger partial charge in [0.2, 0.25) is 0 Å². The van der Waals surface area contributed by atoms with Crippen LogP contribution < -0.4 is 5.32 Å². The molecule has 19 heavy (non-hydrogen) atoms. The minimum atomic E-state index is 0.520. The zero-order valence-electron chi connectivity index (χ0n) is 12.7. The van der Waals surface area contributed by atoms with Gasteiger partial charge in [0.25, 0.3) is 0 Å². The maximum Gasteiger partial charge on any atom is 0.105 e. The highest BCUT2D eigenvalue weighted by Gasteiger charge is 2.32. The van der Waals surface area contributed by atoms with Gasteiger partial charge in [-0.1, -0.05) is 13.3 Å². The van der Waals surface area contributed by atoms with Gasteiger partial charge in [-0.3, -0.25) is 0 Å². The third-order valence-corrected chi connectivity index (χ3v) is 4.46. The van der Waals surface area contributed by atoms with Crippen LogP contribution in [-0.4, -0.2) is 31.6 Å². The molecule has 1 saturated heterocycles. The number of nitrogens with one attached hydrogen (secondary N) is 1. The van der Waals surface area contributed by atoms with E-state index in [1.54, 1.807) is 6.26 Å². The van der Waals surface area contributed by atoms with E-state index in [0.717, 1.165) is 12.3 Å². The number of nitrogens with zero attached hydrogens (tertiary/aromatic N) is 1. The van der Waals surface area contributed by atoms with E-state index in [0.29, 0.717) is 5.41 Å². The molecule has 1 aromatic rings. The van der Waals surface area contributed by atoms with Crippen molar-refractivity contribution in [2.75, 3.05) is 26.7 Å². The molecule has 1 aliphatic rings. The van der Waals surface area contributed by atoms with Gasteiger partial charge >= 0.3 is 0 Å². The van der Waals surface area contributed by atoms with E-state index in [1.807, 2.05) is 0 Å². The fraction of sp³-hybridized carbons (Fsp3) is 0.750. The SMILES string of the molecule is CCCC1(CN(C)Cc2ccoc2C)CCNCC1. The van der Waals surface area contributed by atoms with E-state index in [9.17, 15) is 0 Å². The number of furan rings is 1. The van der Waals surface area contributed by atoms with Gasteiger partial charge in [-0.05, 0) is 57.8 Å². The molecule has 0 radical (unpaired) electrons. The number of rotatable bonds is 6. The maximum atomic E-state index is 5.39. The van der Waals surface area contributed by atoms with Crippen LogP contribution in [0.25, 0.3) is 0 Å². The van der Waals surface area contributed by atoms with Gasteiger partial charge in [0.05, 0.1) is 6.26 Å². The van der Waals surface area contributed by atoms with E-state index in [-0.39, 0.29) is 0 Å². The van der Waals surface area contributed by atoms with Gasteiger partial charge in [0.1, 0.15) is 5.76 Å². The first-order chi connectivity index (χ1) is 9.15. The average Bonchev–Trinajstić information content (AvgIpc) is 2.76. The van der Waals surface area contributed by atoms with Crippen LogP contribution in [0, 0.1) is 12.3 Å². The van der Waals surface area contributed by atoms with Gasteiger partial charge in [-0.15, -0.1) is 0 Å². The highest BCUT2D eigenvalue weighted by atomic mass is 16.3. The highest BCUT2D eigenvalue weighted by molar-refractivity contribution is 5.15. The van der Waals surface area contributed by atoms with E-state index in [4.69, 9.17) is 4.42 Å². The van der Waals surface area contributed by atoms with Crippen LogP contribution in [0.2, 0.25) is 0 Å². The standard InChI is InChI=1S/C16H28N2O/c1-4-6-16(7-9-17-10-8-16)13-18(3)12-15-5-11-19-14(15)2/h5,11,17H,4,6-10,12-13H2,1-3H3. The van der Waals surface area contributed by atoms with Crippen molar-refractivity contribution in [1.29, 1.82) is 0 Å². The highest BCUT2D eigenvalue weighted by Crippen LogP contribution is 2.35. The molecule has 0 unspecified atom stereocenters. The van der Waals surface area contributed by atoms with Crippen molar-refractivity contribution in [1.82, 2.24) is 10.2 Å². The lowest BCUT2D eigenvalue weighted by molar-refractivity contribution is 0.112. The summed E-state index contributed by atoms with van der Waals surface area (Å²) < 4.78 is 5.39. The first-order valence-electron chi connectivity index (χ1n) is 7.57. The van der Waals surface area contributed by atoms with Crippen LogP contribution in [0.3, 0.4) is 0 Å². The lowest BCUT2D eigenvalue weighted by Crippen LogP contribution is -2.43. The normalized spacial score (nSPS) is 18.9. The largest absolute Gasteiger partial charge is 0.469 e. The van der Waals surface area contributed by atoms with Crippen molar-refractivity contribution < 1.29 is 4.42 Å². The zero-order valence-corrected chi connectivity index (χ0v) is 12.7. The Morgan fingerprint density at radius 1 is 1.37 bits per heavy atom. The Balaban J connectivity index is 1.94. The van der Waals surface area contributed by atoms with Crippen LogP contribution in [0.4, 0.5) is 0 Å². The molecule has 3 heteroatoms. The molecule has 1 aromatic heterocycles. The third-order valence-electron chi connectivity index (χ3n) is 4.46. The van der Waals surface area contributed by atoms with Crippen molar-refractivity contribution in [2.24, 2.45) is 5.41 Å². The van der Waals surface area contributed by atoms with Crippen molar-refractivity contribution in [3.05, 3.63) is 23.7 Å². The topological polar surface area (TPSA) is 28.4 Å². The molecule has 1 N–H and O–H groups in total. The quantitative estimate of drug-likeness (QED) is 0.855. The Hall–Kier alpha value is -0.800. The van der Waals surface area contributed by atoms with E-state index in [1.165, 1.54) is 50.9 Å². The molecule has 0 aromatic carbocycles.